The first kappa shape index (κ1) is 15.4. The number of carboxylic acid groups (broad SMARTS) is 1. The lowest BCUT2D eigenvalue weighted by molar-refractivity contribution is -0.137. The van der Waals surface area contributed by atoms with E-state index >= 15 is 0 Å². The molecule has 0 aromatic heterocycles. The van der Waals surface area contributed by atoms with Gasteiger partial charge < -0.3 is 10.0 Å². The highest BCUT2D eigenvalue weighted by Gasteiger charge is 2.13. The Bertz CT molecular complexity index is 192. The van der Waals surface area contributed by atoms with Crippen LogP contribution in [0.15, 0.2) is 0 Å². The molecule has 0 bridgehead atoms. The van der Waals surface area contributed by atoms with Gasteiger partial charge in [-0.2, -0.15) is 0 Å². The number of hydrogen-bond acceptors (Lipinski definition) is 2. The van der Waals surface area contributed by atoms with Crippen LogP contribution in [-0.2, 0) is 4.79 Å². The molecule has 1 unspecified atom stereocenters. The van der Waals surface area contributed by atoms with E-state index in [1.165, 1.54) is 12.8 Å². The van der Waals surface area contributed by atoms with E-state index in [9.17, 15) is 4.79 Å². The normalized spacial score (nSPS) is 13.4. The molecule has 0 rings (SSSR count). The number of aliphatic carboxylic acids is 1. The molecule has 1 N–H and O–H groups in total. The van der Waals surface area contributed by atoms with E-state index in [0.29, 0.717) is 12.0 Å². The summed E-state index contributed by atoms with van der Waals surface area (Å²) in [6.45, 7) is 10.8. The number of carbonyl (C=O) groups is 1. The molecule has 0 radical (unpaired) electrons. The van der Waals surface area contributed by atoms with Gasteiger partial charge in [0.15, 0.2) is 0 Å². The van der Waals surface area contributed by atoms with Crippen LogP contribution >= 0.6 is 0 Å². The van der Waals surface area contributed by atoms with Gasteiger partial charge in [0, 0.05) is 19.0 Å². The zero-order chi connectivity index (χ0) is 12.6. The van der Waals surface area contributed by atoms with Crippen molar-refractivity contribution in [2.24, 2.45) is 5.92 Å². The van der Waals surface area contributed by atoms with Crippen LogP contribution in [0.1, 0.15) is 53.4 Å². The molecule has 1 atom stereocenters. The second kappa shape index (κ2) is 8.57. The highest BCUT2D eigenvalue weighted by molar-refractivity contribution is 5.66. The van der Waals surface area contributed by atoms with E-state index in [0.717, 1.165) is 19.5 Å². The molecule has 0 aliphatic heterocycles. The Morgan fingerprint density at radius 2 is 1.94 bits per heavy atom. The molecule has 0 aromatic carbocycles. The number of rotatable bonds is 9. The fourth-order valence-corrected chi connectivity index (χ4v) is 1.98. The summed E-state index contributed by atoms with van der Waals surface area (Å²) in [6, 6.07) is 0.508. The molecule has 0 heterocycles. The standard InChI is InChI=1S/C13H27NO2/c1-5-7-12(4)10-14(11(2)3)9-6-8-13(15)16/h11-12H,5-10H2,1-4H3,(H,15,16). The Morgan fingerprint density at radius 1 is 1.31 bits per heavy atom. The summed E-state index contributed by atoms with van der Waals surface area (Å²) >= 11 is 0. The summed E-state index contributed by atoms with van der Waals surface area (Å²) in [7, 11) is 0. The number of hydrogen-bond donors (Lipinski definition) is 1. The molecule has 16 heavy (non-hydrogen) atoms. The molecule has 0 aromatic rings. The Labute approximate surface area is 99.8 Å². The van der Waals surface area contributed by atoms with E-state index in [4.69, 9.17) is 5.11 Å². The summed E-state index contributed by atoms with van der Waals surface area (Å²) in [5.74, 6) is 0.0162. The highest BCUT2D eigenvalue weighted by atomic mass is 16.4. The maximum atomic E-state index is 10.5. The van der Waals surface area contributed by atoms with E-state index in [1.54, 1.807) is 0 Å². The summed E-state index contributed by atoms with van der Waals surface area (Å²) in [5.41, 5.74) is 0. The second-order valence-corrected chi connectivity index (χ2v) is 4.98. The Balaban J connectivity index is 3.92. The summed E-state index contributed by atoms with van der Waals surface area (Å²) in [5, 5.41) is 8.61. The van der Waals surface area contributed by atoms with Gasteiger partial charge in [0.05, 0.1) is 0 Å². The highest BCUT2D eigenvalue weighted by Crippen LogP contribution is 2.11. The van der Waals surface area contributed by atoms with Crippen LogP contribution < -0.4 is 0 Å². The van der Waals surface area contributed by atoms with Crippen LogP contribution in [0.5, 0.6) is 0 Å². The molecule has 0 spiro atoms. The third kappa shape index (κ3) is 7.69. The zero-order valence-electron chi connectivity index (χ0n) is 11.2. The molecule has 96 valence electrons. The van der Waals surface area contributed by atoms with E-state index in [-0.39, 0.29) is 6.42 Å². The van der Waals surface area contributed by atoms with Crippen molar-refractivity contribution >= 4 is 5.97 Å². The minimum atomic E-state index is -0.690. The maximum Gasteiger partial charge on any atom is 0.303 e. The van der Waals surface area contributed by atoms with Crippen molar-refractivity contribution in [3.05, 3.63) is 0 Å². The Morgan fingerprint density at radius 3 is 2.38 bits per heavy atom. The molecule has 0 aliphatic rings. The van der Waals surface area contributed by atoms with Gasteiger partial charge in [-0.05, 0) is 39.2 Å². The molecule has 0 saturated carbocycles. The molecule has 0 saturated heterocycles. The van der Waals surface area contributed by atoms with Crippen LogP contribution in [0.2, 0.25) is 0 Å². The molecule has 0 amide bonds. The van der Waals surface area contributed by atoms with E-state index < -0.39 is 5.97 Å². The van der Waals surface area contributed by atoms with Gasteiger partial charge in [0.2, 0.25) is 0 Å². The molecular formula is C13H27NO2. The summed E-state index contributed by atoms with van der Waals surface area (Å²) in [6.07, 6.45) is 3.52. The van der Waals surface area contributed by atoms with Crippen molar-refractivity contribution in [3.8, 4) is 0 Å². The number of nitrogens with zero attached hydrogens (tertiary/aromatic N) is 1. The summed E-state index contributed by atoms with van der Waals surface area (Å²) in [4.78, 5) is 12.8. The lowest BCUT2D eigenvalue weighted by Gasteiger charge is -2.29. The van der Waals surface area contributed by atoms with Gasteiger partial charge in [-0.3, -0.25) is 4.79 Å². The van der Waals surface area contributed by atoms with Crippen LogP contribution in [0.4, 0.5) is 0 Å². The fraction of sp³-hybridized carbons (Fsp3) is 0.923. The van der Waals surface area contributed by atoms with Crippen LogP contribution in [0.25, 0.3) is 0 Å². The van der Waals surface area contributed by atoms with Gasteiger partial charge in [-0.15, -0.1) is 0 Å². The summed E-state index contributed by atoms with van der Waals surface area (Å²) < 4.78 is 0. The van der Waals surface area contributed by atoms with Crippen molar-refractivity contribution < 1.29 is 9.90 Å². The average Bonchev–Trinajstić information content (AvgIpc) is 2.15. The predicted octanol–water partition coefficient (Wildman–Crippen LogP) is 3.00. The predicted molar refractivity (Wildman–Crippen MR) is 67.7 cm³/mol. The fourth-order valence-electron chi connectivity index (χ4n) is 1.98. The zero-order valence-corrected chi connectivity index (χ0v) is 11.2. The minimum Gasteiger partial charge on any atom is -0.481 e. The van der Waals surface area contributed by atoms with Gasteiger partial charge >= 0.3 is 5.97 Å². The third-order valence-corrected chi connectivity index (χ3v) is 2.89. The largest absolute Gasteiger partial charge is 0.481 e. The third-order valence-electron chi connectivity index (χ3n) is 2.89. The molecule has 3 nitrogen and oxygen atoms in total. The van der Waals surface area contributed by atoms with Crippen molar-refractivity contribution in [1.29, 1.82) is 0 Å². The van der Waals surface area contributed by atoms with Crippen molar-refractivity contribution in [2.75, 3.05) is 13.1 Å². The quantitative estimate of drug-likeness (QED) is 0.660. The SMILES string of the molecule is CCCC(C)CN(CCCC(=O)O)C(C)C. The Kier molecular flexibility index (Phi) is 8.26. The number of carboxylic acids is 1. The van der Waals surface area contributed by atoms with Gasteiger partial charge in [-0.1, -0.05) is 20.3 Å². The first-order valence-corrected chi connectivity index (χ1v) is 6.43. The molecular weight excluding hydrogens is 202 g/mol. The lowest BCUT2D eigenvalue weighted by Crippen LogP contribution is -2.35. The van der Waals surface area contributed by atoms with E-state index in [2.05, 4.69) is 32.6 Å². The lowest BCUT2D eigenvalue weighted by atomic mass is 10.0. The first-order valence-electron chi connectivity index (χ1n) is 6.43. The topological polar surface area (TPSA) is 40.5 Å². The second-order valence-electron chi connectivity index (χ2n) is 4.98. The first-order chi connectivity index (χ1) is 7.47. The van der Waals surface area contributed by atoms with Gasteiger partial charge in [0.25, 0.3) is 0 Å². The monoisotopic (exact) mass is 229 g/mol. The van der Waals surface area contributed by atoms with Crippen molar-refractivity contribution in [2.45, 2.75) is 59.4 Å². The van der Waals surface area contributed by atoms with Gasteiger partial charge in [-0.25, -0.2) is 0 Å². The van der Waals surface area contributed by atoms with E-state index in [1.807, 2.05) is 0 Å². The molecule has 0 aliphatic carbocycles. The van der Waals surface area contributed by atoms with Crippen molar-refractivity contribution in [1.82, 2.24) is 4.90 Å². The van der Waals surface area contributed by atoms with Crippen LogP contribution in [0.3, 0.4) is 0 Å². The minimum absolute atomic E-state index is 0.283. The smallest absolute Gasteiger partial charge is 0.303 e. The van der Waals surface area contributed by atoms with Gasteiger partial charge in [0.1, 0.15) is 0 Å². The molecule has 0 fully saturated rings. The maximum absolute atomic E-state index is 10.5. The molecule has 3 heteroatoms. The average molecular weight is 229 g/mol. The Hall–Kier alpha value is -0.570. The van der Waals surface area contributed by atoms with Crippen molar-refractivity contribution in [3.63, 3.8) is 0 Å². The van der Waals surface area contributed by atoms with Crippen LogP contribution in [-0.4, -0.2) is 35.1 Å². The van der Waals surface area contributed by atoms with Crippen LogP contribution in [0, 0.1) is 5.92 Å².